The highest BCUT2D eigenvalue weighted by Crippen LogP contribution is 2.29. The number of thiol groups is 1. The lowest BCUT2D eigenvalue weighted by Gasteiger charge is -2.12. The molecule has 0 aliphatic heterocycles. The van der Waals surface area contributed by atoms with Crippen LogP contribution in [-0.4, -0.2) is 15.1 Å². The van der Waals surface area contributed by atoms with E-state index in [2.05, 4.69) is 9.50 Å². The van der Waals surface area contributed by atoms with Crippen molar-refractivity contribution in [3.05, 3.63) is 54.3 Å². The van der Waals surface area contributed by atoms with Crippen molar-refractivity contribution in [1.29, 1.82) is 0 Å². The molecular weight excluding hydrogens is 285 g/mol. The lowest BCUT2D eigenvalue weighted by Crippen LogP contribution is -2.05. The largest absolute Gasteiger partial charge is 0.455 e. The summed E-state index contributed by atoms with van der Waals surface area (Å²) in [4.78, 5) is 0. The Balaban J connectivity index is 2.09. The fraction of sp³-hybridized carbons (Fsp3) is 0.0769. The highest BCUT2D eigenvalue weighted by Gasteiger charge is 2.04. The molecular formula is C13H12FNO4S. The maximum absolute atomic E-state index is 12.8. The summed E-state index contributed by atoms with van der Waals surface area (Å²) in [6, 6.07) is 12.5. The Bertz CT molecular complexity index is 635. The van der Waals surface area contributed by atoms with E-state index in [1.54, 1.807) is 24.3 Å². The molecule has 7 heteroatoms. The average Bonchev–Trinajstić information content (AvgIpc) is 2.43. The second kappa shape index (κ2) is 6.88. The zero-order valence-electron chi connectivity index (χ0n) is 10.3. The second-order valence-electron chi connectivity index (χ2n) is 3.73. The first-order valence-electron chi connectivity index (χ1n) is 5.69. The number of para-hydroxylation sites is 2. The highest BCUT2D eigenvalue weighted by atomic mass is 32.2. The van der Waals surface area contributed by atoms with Gasteiger partial charge in [0.15, 0.2) is 5.75 Å². The van der Waals surface area contributed by atoms with Gasteiger partial charge in [0.25, 0.3) is 11.0 Å². The first-order chi connectivity index (χ1) is 9.65. The van der Waals surface area contributed by atoms with Gasteiger partial charge in [-0.15, -0.1) is 0 Å². The molecule has 2 aromatic carbocycles. The first-order valence-corrected chi connectivity index (χ1v) is 6.78. The minimum atomic E-state index is -2.90. The van der Waals surface area contributed by atoms with E-state index in [0.717, 1.165) is 0 Å². The van der Waals surface area contributed by atoms with Crippen LogP contribution in [0.4, 0.5) is 10.1 Å². The van der Waals surface area contributed by atoms with Gasteiger partial charge in [0, 0.05) is 0 Å². The van der Waals surface area contributed by atoms with Crippen LogP contribution in [0.5, 0.6) is 11.5 Å². The number of ether oxygens (including phenoxy) is 1. The molecule has 0 amide bonds. The van der Waals surface area contributed by atoms with Crippen molar-refractivity contribution in [2.75, 3.05) is 12.0 Å². The molecule has 0 heterocycles. The average molecular weight is 297 g/mol. The van der Waals surface area contributed by atoms with Gasteiger partial charge in [-0.2, -0.15) is 0 Å². The normalized spacial score (nSPS) is 10.5. The van der Waals surface area contributed by atoms with Crippen molar-refractivity contribution in [3.8, 4) is 11.5 Å². The Kier molecular flexibility index (Phi) is 4.91. The molecule has 0 bridgehead atoms. The Morgan fingerprint density at radius 3 is 2.45 bits per heavy atom. The summed E-state index contributed by atoms with van der Waals surface area (Å²) in [6.45, 7) is -0.192. The molecule has 0 spiro atoms. The summed E-state index contributed by atoms with van der Waals surface area (Å²) in [7, 11) is -2.90. The van der Waals surface area contributed by atoms with E-state index in [9.17, 15) is 12.8 Å². The van der Waals surface area contributed by atoms with Crippen molar-refractivity contribution in [2.24, 2.45) is 0 Å². The third-order valence-electron chi connectivity index (χ3n) is 2.36. The molecule has 0 saturated heterocycles. The summed E-state index contributed by atoms with van der Waals surface area (Å²) < 4.78 is 43.4. The zero-order chi connectivity index (χ0) is 14.4. The minimum absolute atomic E-state index is 0.192. The molecule has 0 atom stereocenters. The molecule has 0 aliphatic carbocycles. The smallest absolute Gasteiger partial charge is 0.258 e. The molecule has 0 aromatic heterocycles. The summed E-state index contributed by atoms with van der Waals surface area (Å²) >= 11 is 0. The van der Waals surface area contributed by atoms with Gasteiger partial charge in [-0.05, 0) is 36.4 Å². The monoisotopic (exact) mass is 297 g/mol. The number of hydrogen-bond acceptors (Lipinski definition) is 5. The predicted molar refractivity (Wildman–Crippen MR) is 72.8 cm³/mol. The number of hydrogen-bond donors (Lipinski definition) is 2. The predicted octanol–water partition coefficient (Wildman–Crippen LogP) is 2.53. The van der Waals surface area contributed by atoms with Gasteiger partial charge in [-0.3, -0.25) is 4.18 Å². The minimum Gasteiger partial charge on any atom is -0.455 e. The first kappa shape index (κ1) is 14.3. The van der Waals surface area contributed by atoms with Gasteiger partial charge in [0.05, 0.1) is 5.69 Å². The lowest BCUT2D eigenvalue weighted by molar-refractivity contribution is 0.359. The third-order valence-corrected chi connectivity index (χ3v) is 2.70. The fourth-order valence-corrected chi connectivity index (χ4v) is 1.66. The van der Waals surface area contributed by atoms with E-state index in [-0.39, 0.29) is 12.5 Å². The van der Waals surface area contributed by atoms with Crippen LogP contribution in [0.15, 0.2) is 48.5 Å². The molecule has 106 valence electrons. The van der Waals surface area contributed by atoms with Gasteiger partial charge in [0.1, 0.15) is 18.3 Å². The van der Waals surface area contributed by atoms with Crippen molar-refractivity contribution in [3.63, 3.8) is 0 Å². The number of rotatable bonds is 6. The number of anilines is 1. The van der Waals surface area contributed by atoms with E-state index < -0.39 is 11.0 Å². The molecule has 0 aliphatic rings. The molecule has 2 rings (SSSR count). The van der Waals surface area contributed by atoms with Gasteiger partial charge in [-0.1, -0.05) is 12.1 Å². The van der Waals surface area contributed by atoms with Crippen molar-refractivity contribution < 1.29 is 21.7 Å². The molecule has 1 N–H and O–H groups in total. The summed E-state index contributed by atoms with van der Waals surface area (Å²) in [5, 5.41) is 2.77. The number of benzene rings is 2. The lowest BCUT2D eigenvalue weighted by atomic mass is 10.3. The van der Waals surface area contributed by atoms with Crippen LogP contribution in [0.2, 0.25) is 0 Å². The van der Waals surface area contributed by atoms with Crippen molar-refractivity contribution >= 4 is 16.7 Å². The SMILES string of the molecule is O=[SH](=O)OCNc1ccccc1Oc1ccc(F)cc1. The van der Waals surface area contributed by atoms with Gasteiger partial charge in [0.2, 0.25) is 0 Å². The third kappa shape index (κ3) is 4.22. The van der Waals surface area contributed by atoms with Crippen LogP contribution in [0.1, 0.15) is 0 Å². The molecule has 20 heavy (non-hydrogen) atoms. The van der Waals surface area contributed by atoms with E-state index >= 15 is 0 Å². The van der Waals surface area contributed by atoms with Crippen LogP contribution in [-0.2, 0) is 15.2 Å². The van der Waals surface area contributed by atoms with E-state index in [0.29, 0.717) is 17.2 Å². The maximum atomic E-state index is 12.8. The second-order valence-corrected chi connectivity index (χ2v) is 4.43. The van der Waals surface area contributed by atoms with Crippen molar-refractivity contribution in [1.82, 2.24) is 0 Å². The van der Waals surface area contributed by atoms with Crippen LogP contribution in [0.3, 0.4) is 0 Å². The topological polar surface area (TPSA) is 64.6 Å². The number of halogens is 1. The van der Waals surface area contributed by atoms with Crippen LogP contribution in [0, 0.1) is 5.82 Å². The summed E-state index contributed by atoms with van der Waals surface area (Å²) in [6.07, 6.45) is 0. The quantitative estimate of drug-likeness (QED) is 0.633. The Morgan fingerprint density at radius 1 is 1.05 bits per heavy atom. The Hall–Kier alpha value is -2.12. The van der Waals surface area contributed by atoms with Gasteiger partial charge in [-0.25, -0.2) is 12.8 Å². The van der Waals surface area contributed by atoms with Gasteiger partial charge < -0.3 is 10.1 Å². The van der Waals surface area contributed by atoms with Crippen LogP contribution >= 0.6 is 0 Å². The highest BCUT2D eigenvalue weighted by molar-refractivity contribution is 7.67. The molecule has 0 saturated carbocycles. The van der Waals surface area contributed by atoms with Gasteiger partial charge >= 0.3 is 0 Å². The standard InChI is InChI=1S/C13H12FNO4S/c14-10-5-7-11(8-6-10)19-13-4-2-1-3-12(13)15-9-18-20(16)17/h1-8,15,20H,9H2. The van der Waals surface area contributed by atoms with E-state index in [1.807, 2.05) is 0 Å². The number of nitrogens with one attached hydrogen (secondary N) is 1. The fourth-order valence-electron chi connectivity index (χ4n) is 1.49. The molecule has 0 radical (unpaired) electrons. The zero-order valence-corrected chi connectivity index (χ0v) is 11.2. The van der Waals surface area contributed by atoms with Crippen LogP contribution < -0.4 is 10.1 Å². The van der Waals surface area contributed by atoms with E-state index in [4.69, 9.17) is 4.74 Å². The Morgan fingerprint density at radius 2 is 1.75 bits per heavy atom. The summed E-state index contributed by atoms with van der Waals surface area (Å²) in [5.74, 6) is 0.594. The van der Waals surface area contributed by atoms with Crippen molar-refractivity contribution in [2.45, 2.75) is 0 Å². The maximum Gasteiger partial charge on any atom is 0.258 e. The Labute approximate surface area is 117 Å². The molecule has 5 nitrogen and oxygen atoms in total. The molecule has 0 unspecified atom stereocenters. The molecule has 0 fully saturated rings. The van der Waals surface area contributed by atoms with E-state index in [1.165, 1.54) is 24.3 Å². The molecule has 2 aromatic rings. The summed E-state index contributed by atoms with van der Waals surface area (Å²) in [5.41, 5.74) is 0.564. The van der Waals surface area contributed by atoms with Crippen LogP contribution in [0.25, 0.3) is 0 Å².